The molecular formula is C14H18N4O2. The summed E-state index contributed by atoms with van der Waals surface area (Å²) in [6.07, 6.45) is 2.43. The van der Waals surface area contributed by atoms with Gasteiger partial charge < -0.3 is 10.0 Å². The minimum atomic E-state index is -0.935. The minimum Gasteiger partial charge on any atom is -0.478 e. The van der Waals surface area contributed by atoms with Crippen molar-refractivity contribution >= 4 is 17.0 Å². The number of rotatable bonds is 3. The number of hydrogen-bond acceptors (Lipinski definition) is 4. The van der Waals surface area contributed by atoms with E-state index in [0.29, 0.717) is 11.4 Å². The molecular weight excluding hydrogens is 256 g/mol. The van der Waals surface area contributed by atoms with Gasteiger partial charge in [-0.3, -0.25) is 0 Å². The molecule has 1 aliphatic heterocycles. The fourth-order valence-corrected chi connectivity index (χ4v) is 2.91. The third kappa shape index (κ3) is 2.51. The summed E-state index contributed by atoms with van der Waals surface area (Å²) in [6, 6.07) is 4.98. The molecule has 0 bridgehead atoms. The number of hydrogen-bond donors (Lipinski definition) is 1. The number of aromatic nitrogens is 3. The monoisotopic (exact) mass is 274 g/mol. The largest absolute Gasteiger partial charge is 0.478 e. The molecule has 1 aromatic carbocycles. The van der Waals surface area contributed by atoms with Gasteiger partial charge in [-0.05, 0) is 50.6 Å². The highest BCUT2D eigenvalue weighted by molar-refractivity contribution is 5.92. The molecule has 2 heterocycles. The van der Waals surface area contributed by atoms with Crippen LogP contribution in [-0.4, -0.2) is 51.1 Å². The fourth-order valence-electron chi connectivity index (χ4n) is 2.91. The Morgan fingerprint density at radius 1 is 1.50 bits per heavy atom. The molecule has 0 aliphatic carbocycles. The SMILES string of the molecule is CN1CCCC(Cn2nnc3cc(C(=O)O)ccc32)C1. The Kier molecular flexibility index (Phi) is 3.40. The molecule has 0 amide bonds. The molecule has 1 unspecified atom stereocenters. The van der Waals surface area contributed by atoms with Gasteiger partial charge in [-0.1, -0.05) is 5.21 Å². The first-order valence-electron chi connectivity index (χ1n) is 6.88. The van der Waals surface area contributed by atoms with E-state index in [1.807, 2.05) is 4.68 Å². The topological polar surface area (TPSA) is 71.2 Å². The van der Waals surface area contributed by atoms with Crippen molar-refractivity contribution in [1.29, 1.82) is 0 Å². The van der Waals surface area contributed by atoms with E-state index in [2.05, 4.69) is 22.3 Å². The predicted octanol–water partition coefficient (Wildman–Crippen LogP) is 1.47. The number of nitrogens with zero attached hydrogens (tertiary/aromatic N) is 4. The molecule has 1 aliphatic rings. The van der Waals surface area contributed by atoms with Gasteiger partial charge in [0.15, 0.2) is 0 Å². The highest BCUT2D eigenvalue weighted by Gasteiger charge is 2.19. The van der Waals surface area contributed by atoms with Crippen LogP contribution in [0.25, 0.3) is 11.0 Å². The number of carboxylic acid groups (broad SMARTS) is 1. The Morgan fingerprint density at radius 3 is 3.10 bits per heavy atom. The van der Waals surface area contributed by atoms with Crippen LogP contribution < -0.4 is 0 Å². The number of fused-ring (bicyclic) bond motifs is 1. The van der Waals surface area contributed by atoms with Gasteiger partial charge in [0.25, 0.3) is 0 Å². The summed E-state index contributed by atoms with van der Waals surface area (Å²) in [7, 11) is 2.14. The summed E-state index contributed by atoms with van der Waals surface area (Å²) in [5.41, 5.74) is 1.80. The van der Waals surface area contributed by atoms with E-state index in [4.69, 9.17) is 5.11 Å². The second-order valence-corrected chi connectivity index (χ2v) is 5.55. The van der Waals surface area contributed by atoms with E-state index in [0.717, 1.165) is 25.2 Å². The van der Waals surface area contributed by atoms with E-state index in [9.17, 15) is 4.79 Å². The Bertz CT molecular complexity index is 637. The number of aromatic carboxylic acids is 1. The maximum absolute atomic E-state index is 10.9. The molecule has 1 atom stereocenters. The lowest BCUT2D eigenvalue weighted by molar-refractivity contribution is 0.0697. The van der Waals surface area contributed by atoms with Gasteiger partial charge in [-0.2, -0.15) is 0 Å². The van der Waals surface area contributed by atoms with Crippen LogP contribution in [0.4, 0.5) is 0 Å². The Labute approximate surface area is 117 Å². The van der Waals surface area contributed by atoms with Crippen LogP contribution in [0.15, 0.2) is 18.2 Å². The zero-order valence-electron chi connectivity index (χ0n) is 11.5. The summed E-state index contributed by atoms with van der Waals surface area (Å²) in [6.45, 7) is 3.08. The lowest BCUT2D eigenvalue weighted by Gasteiger charge is -2.29. The maximum Gasteiger partial charge on any atom is 0.335 e. The van der Waals surface area contributed by atoms with Crippen molar-refractivity contribution in [2.75, 3.05) is 20.1 Å². The molecule has 1 N–H and O–H groups in total. The first-order chi connectivity index (χ1) is 9.63. The van der Waals surface area contributed by atoms with Crippen molar-refractivity contribution in [3.8, 4) is 0 Å². The second kappa shape index (κ2) is 5.20. The van der Waals surface area contributed by atoms with Crippen LogP contribution in [-0.2, 0) is 6.54 Å². The summed E-state index contributed by atoms with van der Waals surface area (Å²) < 4.78 is 1.89. The normalized spacial score (nSPS) is 20.4. The first-order valence-corrected chi connectivity index (χ1v) is 6.88. The standard InChI is InChI=1S/C14H18N4O2/c1-17-6-2-3-10(8-17)9-18-13-5-4-11(14(19)20)7-12(13)15-16-18/h4-5,7,10H,2-3,6,8-9H2,1H3,(H,19,20). The molecule has 106 valence electrons. The number of carbonyl (C=O) groups is 1. The zero-order chi connectivity index (χ0) is 14.1. The van der Waals surface area contributed by atoms with Gasteiger partial charge >= 0.3 is 5.97 Å². The first kappa shape index (κ1) is 13.1. The summed E-state index contributed by atoms with van der Waals surface area (Å²) in [4.78, 5) is 13.3. The summed E-state index contributed by atoms with van der Waals surface area (Å²) >= 11 is 0. The van der Waals surface area contributed by atoms with Gasteiger partial charge in [0.2, 0.25) is 0 Å². The average molecular weight is 274 g/mol. The van der Waals surface area contributed by atoms with E-state index in [1.54, 1.807) is 18.2 Å². The van der Waals surface area contributed by atoms with Crippen molar-refractivity contribution < 1.29 is 9.90 Å². The smallest absolute Gasteiger partial charge is 0.335 e. The third-order valence-corrected chi connectivity index (χ3v) is 3.91. The van der Waals surface area contributed by atoms with E-state index >= 15 is 0 Å². The zero-order valence-corrected chi connectivity index (χ0v) is 11.5. The molecule has 1 saturated heterocycles. The van der Waals surface area contributed by atoms with Gasteiger partial charge in [-0.15, -0.1) is 5.10 Å². The molecule has 6 nitrogen and oxygen atoms in total. The number of piperidine rings is 1. The molecule has 2 aromatic rings. The number of likely N-dealkylation sites (tertiary alicyclic amines) is 1. The fraction of sp³-hybridized carbons (Fsp3) is 0.500. The number of carboxylic acids is 1. The second-order valence-electron chi connectivity index (χ2n) is 5.55. The van der Waals surface area contributed by atoms with Gasteiger partial charge in [0, 0.05) is 13.1 Å². The van der Waals surface area contributed by atoms with Crippen LogP contribution in [0, 0.1) is 5.92 Å². The molecule has 1 fully saturated rings. The van der Waals surface area contributed by atoms with E-state index in [1.165, 1.54) is 12.8 Å². The minimum absolute atomic E-state index is 0.252. The summed E-state index contributed by atoms with van der Waals surface area (Å²) in [5.74, 6) is -0.354. The lowest BCUT2D eigenvalue weighted by atomic mass is 9.98. The molecule has 1 aromatic heterocycles. The van der Waals surface area contributed by atoms with E-state index < -0.39 is 5.97 Å². The highest BCUT2D eigenvalue weighted by Crippen LogP contribution is 2.20. The predicted molar refractivity (Wildman–Crippen MR) is 74.7 cm³/mol. The van der Waals surface area contributed by atoms with Crippen LogP contribution >= 0.6 is 0 Å². The Hall–Kier alpha value is -1.95. The van der Waals surface area contributed by atoms with Gasteiger partial charge in [-0.25, -0.2) is 9.48 Å². The maximum atomic E-state index is 10.9. The molecule has 3 rings (SSSR count). The number of benzene rings is 1. The van der Waals surface area contributed by atoms with Crippen molar-refractivity contribution in [3.63, 3.8) is 0 Å². The third-order valence-electron chi connectivity index (χ3n) is 3.91. The molecule has 0 spiro atoms. The van der Waals surface area contributed by atoms with Crippen molar-refractivity contribution in [2.24, 2.45) is 5.92 Å². The Balaban J connectivity index is 1.83. The van der Waals surface area contributed by atoms with Crippen LogP contribution in [0.1, 0.15) is 23.2 Å². The van der Waals surface area contributed by atoms with E-state index in [-0.39, 0.29) is 5.56 Å². The highest BCUT2D eigenvalue weighted by atomic mass is 16.4. The van der Waals surface area contributed by atoms with Crippen LogP contribution in [0.5, 0.6) is 0 Å². The van der Waals surface area contributed by atoms with Crippen molar-refractivity contribution in [2.45, 2.75) is 19.4 Å². The quantitative estimate of drug-likeness (QED) is 0.917. The molecule has 0 saturated carbocycles. The van der Waals surface area contributed by atoms with Crippen LogP contribution in [0.3, 0.4) is 0 Å². The van der Waals surface area contributed by atoms with Gasteiger partial charge in [0.05, 0.1) is 11.1 Å². The molecule has 20 heavy (non-hydrogen) atoms. The lowest BCUT2D eigenvalue weighted by Crippen LogP contribution is -2.34. The van der Waals surface area contributed by atoms with Crippen molar-refractivity contribution in [1.82, 2.24) is 19.9 Å². The van der Waals surface area contributed by atoms with Crippen molar-refractivity contribution in [3.05, 3.63) is 23.8 Å². The average Bonchev–Trinajstić information content (AvgIpc) is 2.81. The van der Waals surface area contributed by atoms with Gasteiger partial charge in [0.1, 0.15) is 5.52 Å². The van der Waals surface area contributed by atoms with Crippen LogP contribution in [0.2, 0.25) is 0 Å². The molecule has 6 heteroatoms. The summed E-state index contributed by atoms with van der Waals surface area (Å²) in [5, 5.41) is 17.2. The molecule has 0 radical (unpaired) electrons. The Morgan fingerprint density at radius 2 is 2.35 bits per heavy atom.